The Morgan fingerprint density at radius 2 is 1.00 bits per heavy atom. The van der Waals surface area contributed by atoms with Gasteiger partial charge in [0.05, 0.1) is 26.2 Å². The van der Waals surface area contributed by atoms with E-state index in [-0.39, 0.29) is 10.8 Å². The molecule has 0 bridgehead atoms. The van der Waals surface area contributed by atoms with Crippen LogP contribution in [0.2, 0.25) is 0 Å². The van der Waals surface area contributed by atoms with Crippen molar-refractivity contribution < 1.29 is 8.97 Å². The first-order chi connectivity index (χ1) is 18.3. The molecular weight excluding hydrogens is 507 g/mol. The fraction of sp³-hybridized carbons (Fsp3) is 0.529. The Hall–Kier alpha value is -1.58. The van der Waals surface area contributed by atoms with E-state index in [1.54, 1.807) is 0 Å². The number of hydrogen-bond acceptors (Lipinski definition) is 0. The Balaban J connectivity index is 0.00000121. The Kier molecular flexibility index (Phi) is 13.1. The van der Waals surface area contributed by atoms with Crippen molar-refractivity contribution in [1.29, 1.82) is 0 Å². The number of hydrogen-bond donors (Lipinski definition) is 0. The van der Waals surface area contributed by atoms with Crippen molar-refractivity contribution >= 4 is 23.2 Å². The summed E-state index contributed by atoms with van der Waals surface area (Å²) < 4.78 is 2.52. The number of halogens is 2. The molecule has 0 saturated carbocycles. The van der Waals surface area contributed by atoms with Gasteiger partial charge in [0.15, 0.2) is 0 Å². The maximum Gasteiger partial charge on any atom is 0.129 e. The lowest BCUT2D eigenvalue weighted by molar-refractivity contribution is -0.966. The predicted molar refractivity (Wildman–Crippen MR) is 171 cm³/mol. The number of quaternary nitrogens is 2. The van der Waals surface area contributed by atoms with Crippen molar-refractivity contribution in [2.75, 3.05) is 65.1 Å². The second kappa shape index (κ2) is 15.3. The Bertz CT molecular complexity index is 877. The number of rotatable bonds is 9. The van der Waals surface area contributed by atoms with Crippen LogP contribution in [0, 0.1) is 10.8 Å². The molecular formula is C34H52Cl2N2+2. The smallest absolute Gasteiger partial charge is 0.129 e. The summed E-state index contributed by atoms with van der Waals surface area (Å²) in [6, 6.07) is 0. The second-order valence-corrected chi connectivity index (χ2v) is 11.8. The van der Waals surface area contributed by atoms with Gasteiger partial charge in [0.25, 0.3) is 0 Å². The molecule has 2 heterocycles. The van der Waals surface area contributed by atoms with E-state index in [9.17, 15) is 0 Å². The molecule has 2 saturated heterocycles. The van der Waals surface area contributed by atoms with Crippen molar-refractivity contribution in [2.45, 2.75) is 39.5 Å². The minimum Gasteiger partial charge on any atom is -0.315 e. The highest BCUT2D eigenvalue weighted by molar-refractivity contribution is 6.15. The van der Waals surface area contributed by atoms with E-state index in [2.05, 4.69) is 111 Å². The first kappa shape index (κ1) is 32.6. The first-order valence-corrected chi connectivity index (χ1v) is 15.7. The Morgan fingerprint density at radius 3 is 1.32 bits per heavy atom. The van der Waals surface area contributed by atoms with E-state index in [0.29, 0.717) is 0 Å². The molecule has 4 heteroatoms. The van der Waals surface area contributed by atoms with Crippen molar-refractivity contribution in [1.82, 2.24) is 0 Å². The van der Waals surface area contributed by atoms with Gasteiger partial charge >= 0.3 is 0 Å². The summed E-state index contributed by atoms with van der Waals surface area (Å²) in [5, 5.41) is 0. The number of alkyl halides is 2. The quantitative estimate of drug-likeness (QED) is 0.151. The average molecular weight is 560 g/mol. The lowest BCUT2D eigenvalue weighted by Gasteiger charge is -2.40. The van der Waals surface area contributed by atoms with Gasteiger partial charge in [-0.25, -0.2) is 0 Å². The SMILES string of the molecule is C=CC1(C)C=CC=C(C[N+]2(CC[N+]3(CC4=CC=CC(C)(C=C)C=C4)CCCC3)CCCC2)C=C1.CCl.CCl. The highest BCUT2D eigenvalue weighted by Gasteiger charge is 2.39. The summed E-state index contributed by atoms with van der Waals surface area (Å²) in [7, 11) is 0. The number of allylic oxidation sites excluding steroid dienone is 10. The lowest BCUT2D eigenvalue weighted by atomic mass is 9.90. The van der Waals surface area contributed by atoms with E-state index in [0.717, 1.165) is 13.1 Å². The maximum absolute atomic E-state index is 4.64. The van der Waals surface area contributed by atoms with Gasteiger partial charge in [0, 0.05) is 60.4 Å². The van der Waals surface area contributed by atoms with Gasteiger partial charge in [-0.1, -0.05) is 72.9 Å². The van der Waals surface area contributed by atoms with Gasteiger partial charge in [-0.05, 0) is 13.8 Å². The van der Waals surface area contributed by atoms with Crippen LogP contribution in [-0.2, 0) is 0 Å². The van der Waals surface area contributed by atoms with Crippen molar-refractivity contribution in [3.05, 3.63) is 97.2 Å². The molecule has 4 rings (SSSR count). The van der Waals surface area contributed by atoms with Crippen molar-refractivity contribution in [2.24, 2.45) is 10.8 Å². The third kappa shape index (κ3) is 8.98. The van der Waals surface area contributed by atoms with Crippen LogP contribution in [0.5, 0.6) is 0 Å². The standard InChI is InChI=1S/C32H46N2.2CH3Cl/c1-5-31(3)17-11-13-29(15-19-31)27-33(21-7-8-22-33)25-26-34(23-9-10-24-34)28-30-14-12-18-32(4,6-2)20-16-30;2*1-2/h5-6,11-20H,1-2,7-10,21-28H2,3-4H3;2*1H3/q+2;;. The zero-order chi connectivity index (χ0) is 28.1. The zero-order valence-electron chi connectivity index (χ0n) is 24.5. The van der Waals surface area contributed by atoms with E-state index in [1.165, 1.54) is 97.8 Å². The lowest BCUT2D eigenvalue weighted by Crippen LogP contribution is -2.56. The number of nitrogens with zero attached hydrogens (tertiary/aromatic N) is 2. The fourth-order valence-electron chi connectivity index (χ4n) is 6.17. The minimum atomic E-state index is -0.0328. The topological polar surface area (TPSA) is 0 Å². The largest absolute Gasteiger partial charge is 0.315 e. The molecule has 0 amide bonds. The molecule has 2 nitrogen and oxygen atoms in total. The van der Waals surface area contributed by atoms with Crippen LogP contribution in [0.4, 0.5) is 0 Å². The monoisotopic (exact) mass is 558 g/mol. The van der Waals surface area contributed by atoms with Gasteiger partial charge in [-0.15, -0.1) is 36.4 Å². The zero-order valence-corrected chi connectivity index (χ0v) is 26.0. The van der Waals surface area contributed by atoms with E-state index >= 15 is 0 Å². The van der Waals surface area contributed by atoms with E-state index < -0.39 is 0 Å². The molecule has 2 atom stereocenters. The van der Waals surface area contributed by atoms with Gasteiger partial charge in [0.2, 0.25) is 0 Å². The minimum absolute atomic E-state index is 0.0328. The molecule has 0 aromatic rings. The van der Waals surface area contributed by atoms with Gasteiger partial charge in [0.1, 0.15) is 26.2 Å². The maximum atomic E-state index is 4.64. The molecule has 38 heavy (non-hydrogen) atoms. The summed E-state index contributed by atoms with van der Waals surface area (Å²) in [5.41, 5.74) is 2.88. The summed E-state index contributed by atoms with van der Waals surface area (Å²) in [4.78, 5) is 0. The van der Waals surface area contributed by atoms with Crippen LogP contribution >= 0.6 is 23.2 Å². The van der Waals surface area contributed by atoms with E-state index in [1.807, 2.05) is 12.2 Å². The molecule has 2 aliphatic heterocycles. The summed E-state index contributed by atoms with van der Waals surface area (Å²) >= 11 is 9.28. The second-order valence-electron chi connectivity index (χ2n) is 11.8. The molecule has 2 fully saturated rings. The highest BCUT2D eigenvalue weighted by atomic mass is 35.5. The van der Waals surface area contributed by atoms with Gasteiger partial charge < -0.3 is 8.97 Å². The Morgan fingerprint density at radius 1 is 0.658 bits per heavy atom. The highest BCUT2D eigenvalue weighted by Crippen LogP contribution is 2.31. The Labute approximate surface area is 244 Å². The van der Waals surface area contributed by atoms with Crippen LogP contribution in [0.3, 0.4) is 0 Å². The van der Waals surface area contributed by atoms with Gasteiger partial charge in [-0.3, -0.25) is 0 Å². The molecule has 0 radical (unpaired) electrons. The van der Waals surface area contributed by atoms with Crippen molar-refractivity contribution in [3.63, 3.8) is 0 Å². The van der Waals surface area contributed by atoms with E-state index in [4.69, 9.17) is 0 Å². The molecule has 0 aromatic carbocycles. The summed E-state index contributed by atoms with van der Waals surface area (Å²) in [6.07, 6.45) is 35.6. The summed E-state index contributed by atoms with van der Waals surface area (Å²) in [5.74, 6) is 0. The van der Waals surface area contributed by atoms with Crippen molar-refractivity contribution in [3.8, 4) is 0 Å². The molecule has 0 spiro atoms. The molecule has 0 aromatic heterocycles. The average Bonchev–Trinajstić information content (AvgIpc) is 3.52. The number of likely N-dealkylation sites (tertiary alicyclic amines) is 2. The van der Waals surface area contributed by atoms with Crippen LogP contribution in [0.25, 0.3) is 0 Å². The third-order valence-corrected chi connectivity index (χ3v) is 8.84. The summed E-state index contributed by atoms with van der Waals surface area (Å²) in [6.45, 7) is 22.8. The normalized spacial score (nSPS) is 28.6. The fourth-order valence-corrected chi connectivity index (χ4v) is 6.17. The van der Waals surface area contributed by atoms with Crippen LogP contribution < -0.4 is 0 Å². The molecule has 4 aliphatic rings. The molecule has 2 unspecified atom stereocenters. The molecule has 210 valence electrons. The third-order valence-electron chi connectivity index (χ3n) is 8.84. The first-order valence-electron chi connectivity index (χ1n) is 14.2. The van der Waals surface area contributed by atoms with Gasteiger partial charge in [-0.2, -0.15) is 0 Å². The van der Waals surface area contributed by atoms with Crippen LogP contribution in [0.1, 0.15) is 39.5 Å². The predicted octanol–water partition coefficient (Wildman–Crippen LogP) is 8.41. The molecule has 0 N–H and O–H groups in total. The van der Waals surface area contributed by atoms with Crippen LogP contribution in [-0.4, -0.2) is 74.1 Å². The van der Waals surface area contributed by atoms with Crippen LogP contribution in [0.15, 0.2) is 97.2 Å². The molecule has 2 aliphatic carbocycles.